The lowest BCUT2D eigenvalue weighted by Crippen LogP contribution is -2.23. The van der Waals surface area contributed by atoms with Crippen molar-refractivity contribution in [2.75, 3.05) is 12.3 Å². The molecule has 6 nitrogen and oxygen atoms in total. The van der Waals surface area contributed by atoms with Crippen LogP contribution in [0.15, 0.2) is 60.4 Å². The van der Waals surface area contributed by atoms with E-state index < -0.39 is 0 Å². The number of nitrogens with zero attached hydrogens (tertiary/aromatic N) is 4. The molecule has 4 N–H and O–H groups in total. The van der Waals surface area contributed by atoms with Crippen molar-refractivity contribution in [1.82, 2.24) is 19.5 Å². The summed E-state index contributed by atoms with van der Waals surface area (Å²) in [5.41, 5.74) is 17.3. The molecule has 1 aliphatic carbocycles. The Morgan fingerprint density at radius 1 is 1.03 bits per heavy atom. The summed E-state index contributed by atoms with van der Waals surface area (Å²) in [6.07, 6.45) is 8.31. The van der Waals surface area contributed by atoms with Crippen molar-refractivity contribution < 1.29 is 0 Å². The third kappa shape index (κ3) is 3.57. The molecule has 0 radical (unpaired) electrons. The molecule has 5 aromatic rings. The summed E-state index contributed by atoms with van der Waals surface area (Å²) in [6.45, 7) is 0.775. The van der Waals surface area contributed by atoms with Gasteiger partial charge in [0.1, 0.15) is 17.8 Å². The van der Waals surface area contributed by atoms with Gasteiger partial charge >= 0.3 is 0 Å². The summed E-state index contributed by atoms with van der Waals surface area (Å²) in [5, 5.41) is 4.12. The van der Waals surface area contributed by atoms with E-state index in [0.717, 1.165) is 71.0 Å². The summed E-state index contributed by atoms with van der Waals surface area (Å²) in [6, 6.07) is 15.2. The van der Waals surface area contributed by atoms with Gasteiger partial charge in [-0.25, -0.2) is 15.0 Å². The van der Waals surface area contributed by atoms with Crippen LogP contribution in [0.25, 0.3) is 43.6 Å². The van der Waals surface area contributed by atoms with Gasteiger partial charge in [-0.2, -0.15) is 0 Å². The zero-order valence-corrected chi connectivity index (χ0v) is 19.1. The second-order valence-corrected chi connectivity index (χ2v) is 9.85. The predicted octanol–water partition coefficient (Wildman–Crippen LogP) is 5.65. The average molecular weight is 455 g/mol. The van der Waals surface area contributed by atoms with Gasteiger partial charge in [0.15, 0.2) is 0 Å². The average Bonchev–Trinajstić information content (AvgIpc) is 3.53. The van der Waals surface area contributed by atoms with Gasteiger partial charge in [0.05, 0.1) is 21.5 Å². The molecule has 0 bridgehead atoms. The van der Waals surface area contributed by atoms with Crippen LogP contribution in [0.4, 0.5) is 5.82 Å². The molecule has 4 heterocycles. The van der Waals surface area contributed by atoms with Gasteiger partial charge in [-0.05, 0) is 67.3 Å². The maximum absolute atomic E-state index is 6.39. The van der Waals surface area contributed by atoms with E-state index in [0.29, 0.717) is 17.8 Å². The van der Waals surface area contributed by atoms with Crippen LogP contribution in [0, 0.1) is 5.92 Å². The molecule has 33 heavy (non-hydrogen) atoms. The number of aromatic nitrogens is 4. The summed E-state index contributed by atoms with van der Waals surface area (Å²) >= 11 is 1.70. The molecule has 0 saturated heterocycles. The lowest BCUT2D eigenvalue weighted by Gasteiger charge is -2.29. The van der Waals surface area contributed by atoms with E-state index >= 15 is 0 Å². The Labute approximate surface area is 196 Å². The zero-order valence-electron chi connectivity index (χ0n) is 18.3. The summed E-state index contributed by atoms with van der Waals surface area (Å²) in [4.78, 5) is 15.1. The number of hydrogen-bond acceptors (Lipinski definition) is 6. The first-order valence-electron chi connectivity index (χ1n) is 11.5. The van der Waals surface area contributed by atoms with Gasteiger partial charge in [-0.3, -0.25) is 0 Å². The number of rotatable bonds is 4. The third-order valence-electron chi connectivity index (χ3n) is 6.96. The van der Waals surface area contributed by atoms with Gasteiger partial charge in [0, 0.05) is 23.2 Å². The van der Waals surface area contributed by atoms with Crippen LogP contribution in [-0.2, 0) is 0 Å². The quantitative estimate of drug-likeness (QED) is 0.366. The highest BCUT2D eigenvalue weighted by atomic mass is 32.1. The minimum Gasteiger partial charge on any atom is -0.383 e. The maximum atomic E-state index is 6.39. The molecule has 1 saturated carbocycles. The van der Waals surface area contributed by atoms with Crippen LogP contribution in [-0.4, -0.2) is 26.1 Å². The van der Waals surface area contributed by atoms with E-state index in [1.54, 1.807) is 17.7 Å². The Kier molecular flexibility index (Phi) is 5.08. The maximum Gasteiger partial charge on any atom is 0.146 e. The van der Waals surface area contributed by atoms with Crippen molar-refractivity contribution in [3.8, 4) is 21.7 Å². The highest BCUT2D eigenvalue weighted by Crippen LogP contribution is 2.39. The molecule has 1 aliphatic rings. The Bertz CT molecular complexity index is 1430. The number of fused-ring (bicyclic) bond motifs is 2. The van der Waals surface area contributed by atoms with Crippen molar-refractivity contribution in [3.05, 3.63) is 60.4 Å². The second kappa shape index (κ2) is 8.24. The molecule has 0 spiro atoms. The Morgan fingerprint density at radius 3 is 2.67 bits per heavy atom. The van der Waals surface area contributed by atoms with Crippen LogP contribution in [0.5, 0.6) is 0 Å². The highest BCUT2D eigenvalue weighted by molar-refractivity contribution is 7.13. The molecular weight excluding hydrogens is 428 g/mol. The lowest BCUT2D eigenvalue weighted by molar-refractivity contribution is 0.283. The molecular formula is C26H26N6S. The number of benzene rings is 1. The molecule has 7 heteroatoms. The van der Waals surface area contributed by atoms with Crippen molar-refractivity contribution in [2.24, 2.45) is 11.7 Å². The molecule has 1 aromatic carbocycles. The lowest BCUT2D eigenvalue weighted by atomic mass is 9.86. The Balaban J connectivity index is 1.47. The molecule has 6 rings (SSSR count). The van der Waals surface area contributed by atoms with Crippen LogP contribution in [0.3, 0.4) is 0 Å². The minimum atomic E-state index is 0.405. The van der Waals surface area contributed by atoms with Gasteiger partial charge < -0.3 is 16.0 Å². The summed E-state index contributed by atoms with van der Waals surface area (Å²) in [7, 11) is 0. The van der Waals surface area contributed by atoms with Crippen molar-refractivity contribution >= 4 is 39.1 Å². The van der Waals surface area contributed by atoms with Crippen LogP contribution < -0.4 is 11.5 Å². The molecule has 0 atom stereocenters. The molecule has 0 aliphatic heterocycles. The van der Waals surface area contributed by atoms with Gasteiger partial charge in [-0.15, -0.1) is 11.3 Å². The van der Waals surface area contributed by atoms with Crippen molar-refractivity contribution in [1.29, 1.82) is 0 Å². The summed E-state index contributed by atoms with van der Waals surface area (Å²) in [5.74, 6) is 1.15. The number of thiophene rings is 1. The minimum absolute atomic E-state index is 0.405. The monoisotopic (exact) mass is 454 g/mol. The SMILES string of the molecule is NCC1CCC(n2cc(-c3ccc4ccc(-c5cccs5)nc4c3)c3c(N)ncnc32)CC1. The number of anilines is 1. The van der Waals surface area contributed by atoms with E-state index in [1.807, 2.05) is 0 Å². The van der Waals surface area contributed by atoms with E-state index in [-0.39, 0.29) is 0 Å². The van der Waals surface area contributed by atoms with Crippen LogP contribution in [0.2, 0.25) is 0 Å². The Morgan fingerprint density at radius 2 is 1.88 bits per heavy atom. The first-order chi connectivity index (χ1) is 16.2. The first kappa shape index (κ1) is 20.3. The standard InChI is InChI=1S/C26H26N6S/c27-13-16-3-8-19(9-4-16)32-14-20(24-25(28)29-15-30-26(24)32)18-6-5-17-7-10-21(31-22(17)12-18)23-2-1-11-33-23/h1-2,5-7,10-12,14-16,19H,3-4,8-9,13,27H2,(H2,28,29,30). The molecule has 0 unspecified atom stereocenters. The predicted molar refractivity (Wildman–Crippen MR) is 136 cm³/mol. The fraction of sp³-hybridized carbons (Fsp3) is 0.269. The molecule has 4 aromatic heterocycles. The van der Waals surface area contributed by atoms with Crippen molar-refractivity contribution in [2.45, 2.75) is 31.7 Å². The van der Waals surface area contributed by atoms with E-state index in [9.17, 15) is 0 Å². The number of pyridine rings is 1. The van der Waals surface area contributed by atoms with Gasteiger partial charge in [0.25, 0.3) is 0 Å². The smallest absolute Gasteiger partial charge is 0.146 e. The topological polar surface area (TPSA) is 95.6 Å². The van der Waals surface area contributed by atoms with E-state index in [2.05, 4.69) is 68.6 Å². The molecule has 0 amide bonds. The number of nitrogen functional groups attached to an aromatic ring is 1. The zero-order chi connectivity index (χ0) is 22.4. The van der Waals surface area contributed by atoms with Crippen LogP contribution >= 0.6 is 11.3 Å². The first-order valence-corrected chi connectivity index (χ1v) is 12.4. The van der Waals surface area contributed by atoms with Crippen molar-refractivity contribution in [3.63, 3.8) is 0 Å². The van der Waals surface area contributed by atoms with E-state index in [4.69, 9.17) is 16.5 Å². The second-order valence-electron chi connectivity index (χ2n) is 8.90. The van der Waals surface area contributed by atoms with Crippen LogP contribution in [0.1, 0.15) is 31.7 Å². The summed E-state index contributed by atoms with van der Waals surface area (Å²) < 4.78 is 2.31. The highest BCUT2D eigenvalue weighted by Gasteiger charge is 2.25. The Hall–Kier alpha value is -3.29. The molecule has 1 fully saturated rings. The van der Waals surface area contributed by atoms with Gasteiger partial charge in [0.2, 0.25) is 0 Å². The van der Waals surface area contributed by atoms with Gasteiger partial charge in [-0.1, -0.05) is 24.3 Å². The number of hydrogen-bond donors (Lipinski definition) is 2. The number of nitrogens with two attached hydrogens (primary N) is 2. The molecule has 166 valence electrons. The fourth-order valence-electron chi connectivity index (χ4n) is 5.11. The fourth-order valence-corrected chi connectivity index (χ4v) is 5.81. The van der Waals surface area contributed by atoms with E-state index in [1.165, 1.54) is 4.88 Å². The normalized spacial score (nSPS) is 18.8. The third-order valence-corrected chi connectivity index (χ3v) is 7.85. The largest absolute Gasteiger partial charge is 0.383 e.